The van der Waals surface area contributed by atoms with Gasteiger partial charge in [-0.3, -0.25) is 0 Å². The van der Waals surface area contributed by atoms with Crippen molar-refractivity contribution < 1.29 is 0 Å². The van der Waals surface area contributed by atoms with Gasteiger partial charge in [-0.05, 0) is 142 Å². The van der Waals surface area contributed by atoms with Crippen molar-refractivity contribution in [1.29, 1.82) is 0 Å². The van der Waals surface area contributed by atoms with Crippen molar-refractivity contribution in [3.05, 3.63) is 209 Å². The number of para-hydroxylation sites is 1. The maximum Gasteiger partial charge on any atom is 0.0726 e. The second kappa shape index (κ2) is 15.1. The van der Waals surface area contributed by atoms with E-state index in [2.05, 4.69) is 205 Å². The molecule has 0 saturated carbocycles. The van der Waals surface area contributed by atoms with E-state index in [-0.39, 0.29) is 12.1 Å². The summed E-state index contributed by atoms with van der Waals surface area (Å²) in [6.07, 6.45) is 10.1. The molecule has 3 N–H and O–H groups in total. The first-order valence-corrected chi connectivity index (χ1v) is 22.3. The summed E-state index contributed by atoms with van der Waals surface area (Å²) < 4.78 is 0. The van der Waals surface area contributed by atoms with Crippen LogP contribution in [0.5, 0.6) is 0 Å². The summed E-state index contributed by atoms with van der Waals surface area (Å²) in [4.78, 5) is 4.98. The van der Waals surface area contributed by atoms with Gasteiger partial charge >= 0.3 is 0 Å². The third kappa shape index (κ3) is 5.84. The van der Waals surface area contributed by atoms with Gasteiger partial charge in [0.15, 0.2) is 0 Å². The Hall–Kier alpha value is -6.62. The summed E-state index contributed by atoms with van der Waals surface area (Å²) in [7, 11) is 0. The van der Waals surface area contributed by atoms with Crippen molar-refractivity contribution in [2.45, 2.75) is 63.5 Å². The molecule has 0 fully saturated rings. The van der Waals surface area contributed by atoms with Crippen molar-refractivity contribution in [2.75, 3.05) is 21.7 Å². The van der Waals surface area contributed by atoms with Gasteiger partial charge in [0.25, 0.3) is 0 Å². The first kappa shape index (κ1) is 37.4. The Morgan fingerprint density at radius 3 is 1.89 bits per heavy atom. The first-order valence-electron chi connectivity index (χ1n) is 22.3. The smallest absolute Gasteiger partial charge is 0.0726 e. The summed E-state index contributed by atoms with van der Waals surface area (Å²) in [5.74, 6) is 0. The number of nitrogens with zero attached hydrogens (tertiary/aromatic N) is 2. The van der Waals surface area contributed by atoms with Gasteiger partial charge in [-0.25, -0.2) is 0 Å². The molecule has 4 aliphatic rings. The molecule has 0 saturated heterocycles. The summed E-state index contributed by atoms with van der Waals surface area (Å²) in [6, 6.07) is 61.6. The molecule has 1 heterocycles. The van der Waals surface area contributed by atoms with Crippen LogP contribution < -0.4 is 20.9 Å². The molecule has 1 spiro atoms. The van der Waals surface area contributed by atoms with Crippen molar-refractivity contribution in [2.24, 2.45) is 5.73 Å². The fraction of sp³-hybridized carbons (Fsp3) is 0.193. The van der Waals surface area contributed by atoms with Gasteiger partial charge in [0.2, 0.25) is 0 Å². The lowest BCUT2D eigenvalue weighted by molar-refractivity contribution is 0.674. The molecule has 300 valence electrons. The van der Waals surface area contributed by atoms with Gasteiger partial charge in [-0.2, -0.15) is 0 Å². The van der Waals surface area contributed by atoms with E-state index in [0.717, 1.165) is 49.3 Å². The zero-order chi connectivity index (χ0) is 41.1. The molecule has 4 heteroatoms. The van der Waals surface area contributed by atoms with Crippen LogP contribution in [0.4, 0.5) is 34.1 Å². The van der Waals surface area contributed by atoms with Gasteiger partial charge in [0.05, 0.1) is 11.5 Å². The van der Waals surface area contributed by atoms with Crippen molar-refractivity contribution in [3.63, 3.8) is 0 Å². The SMILES string of the molecule is CCCCNc1ccc2c(c1)C1=CC(C(N)CCC)=CCC1N2c1ccc(N(c2ccccc2)c2ccc3c(c2)C2(c4ccccc4-c4ccccc42)c2ccccc2-3)cc1. The molecule has 1 aliphatic heterocycles. The number of unbranched alkanes of at least 4 members (excludes halogenated alkanes) is 1. The average Bonchev–Trinajstić information content (AvgIpc) is 3.91. The normalized spacial score (nSPS) is 16.4. The molecule has 0 aromatic heterocycles. The van der Waals surface area contributed by atoms with Crippen molar-refractivity contribution >= 4 is 39.7 Å². The summed E-state index contributed by atoms with van der Waals surface area (Å²) in [6.45, 7) is 5.44. The fourth-order valence-corrected chi connectivity index (χ4v) is 10.9. The molecule has 3 aliphatic carbocycles. The number of nitrogens with one attached hydrogen (secondary N) is 1. The number of hydrogen-bond acceptors (Lipinski definition) is 4. The number of nitrogens with two attached hydrogens (primary N) is 1. The maximum absolute atomic E-state index is 6.74. The lowest BCUT2D eigenvalue weighted by Crippen LogP contribution is -2.30. The van der Waals surface area contributed by atoms with Crippen LogP contribution in [0.1, 0.15) is 73.8 Å². The van der Waals surface area contributed by atoms with Crippen LogP contribution in [0.15, 0.2) is 182 Å². The lowest BCUT2D eigenvalue weighted by Gasteiger charge is -2.33. The topological polar surface area (TPSA) is 44.5 Å². The van der Waals surface area contributed by atoms with E-state index in [4.69, 9.17) is 5.73 Å². The van der Waals surface area contributed by atoms with E-state index in [9.17, 15) is 0 Å². The molecule has 11 rings (SSSR count). The number of fused-ring (bicyclic) bond motifs is 13. The number of hydrogen-bond donors (Lipinski definition) is 2. The number of benzene rings is 7. The molecule has 0 bridgehead atoms. The van der Waals surface area contributed by atoms with E-state index >= 15 is 0 Å². The predicted molar refractivity (Wildman–Crippen MR) is 257 cm³/mol. The second-order valence-electron chi connectivity index (χ2n) is 17.1. The van der Waals surface area contributed by atoms with Crippen LogP contribution in [0.3, 0.4) is 0 Å². The third-order valence-corrected chi connectivity index (χ3v) is 13.7. The van der Waals surface area contributed by atoms with E-state index in [1.807, 2.05) is 0 Å². The Morgan fingerprint density at radius 1 is 0.623 bits per heavy atom. The standard InChI is InChI=1S/C57H52N4/c1-3-5-34-59-39-25-33-56-49(36-39)48-35-38(54(58)15-4-2)24-32-55(48)61(56)42-28-26-41(27-29-42)60(40-16-7-6-8-17-40)43-30-31-47-46-20-11-14-23-52(46)57(53(47)37-43)50-21-12-9-18-44(50)45-19-10-13-22-51(45)57/h6-14,16-31,33,35-37,54-55,59H,3-5,15,32,34,58H2,1-2H3. The van der Waals surface area contributed by atoms with Gasteiger partial charge in [-0.1, -0.05) is 136 Å². The predicted octanol–water partition coefficient (Wildman–Crippen LogP) is 14.1. The Labute approximate surface area is 360 Å². The van der Waals surface area contributed by atoms with Gasteiger partial charge in [0, 0.05) is 52.3 Å². The first-order chi connectivity index (χ1) is 30.1. The largest absolute Gasteiger partial charge is 0.385 e. The molecule has 0 amide bonds. The Kier molecular flexibility index (Phi) is 9.27. The highest BCUT2D eigenvalue weighted by Gasteiger charge is 2.51. The summed E-state index contributed by atoms with van der Waals surface area (Å²) >= 11 is 0. The molecule has 0 radical (unpaired) electrons. The minimum atomic E-state index is -0.407. The maximum atomic E-state index is 6.74. The van der Waals surface area contributed by atoms with Crippen LogP contribution in [0.2, 0.25) is 0 Å². The van der Waals surface area contributed by atoms with E-state index in [1.165, 1.54) is 84.7 Å². The van der Waals surface area contributed by atoms with Gasteiger partial charge < -0.3 is 20.9 Å². The molecule has 2 atom stereocenters. The Balaban J connectivity index is 1.02. The molecular formula is C57H52N4. The van der Waals surface area contributed by atoms with Crippen LogP contribution >= 0.6 is 0 Å². The van der Waals surface area contributed by atoms with Crippen LogP contribution in [0.25, 0.3) is 27.8 Å². The minimum absolute atomic E-state index is 0.0616. The van der Waals surface area contributed by atoms with Gasteiger partial charge in [-0.15, -0.1) is 0 Å². The average molecular weight is 793 g/mol. The van der Waals surface area contributed by atoms with E-state index < -0.39 is 5.41 Å². The van der Waals surface area contributed by atoms with Gasteiger partial charge in [0.1, 0.15) is 0 Å². The number of anilines is 6. The van der Waals surface area contributed by atoms with E-state index in [0.29, 0.717) is 0 Å². The number of rotatable bonds is 11. The third-order valence-electron chi connectivity index (χ3n) is 13.7. The molecule has 7 aromatic rings. The van der Waals surface area contributed by atoms with Crippen LogP contribution in [-0.2, 0) is 5.41 Å². The Bertz CT molecular complexity index is 2790. The molecule has 7 aromatic carbocycles. The quantitative estimate of drug-likeness (QED) is 0.128. The van der Waals surface area contributed by atoms with Crippen molar-refractivity contribution in [3.8, 4) is 22.3 Å². The van der Waals surface area contributed by atoms with Crippen LogP contribution in [-0.4, -0.2) is 18.6 Å². The molecular weight excluding hydrogens is 741 g/mol. The Morgan fingerprint density at radius 2 is 1.23 bits per heavy atom. The van der Waals surface area contributed by atoms with Crippen LogP contribution in [0, 0.1) is 0 Å². The molecule has 4 nitrogen and oxygen atoms in total. The zero-order valence-corrected chi connectivity index (χ0v) is 35.1. The molecule has 61 heavy (non-hydrogen) atoms. The second-order valence-corrected chi connectivity index (χ2v) is 17.1. The summed E-state index contributed by atoms with van der Waals surface area (Å²) in [5, 5.41) is 3.69. The lowest BCUT2D eigenvalue weighted by atomic mass is 9.70. The fourth-order valence-electron chi connectivity index (χ4n) is 10.9. The summed E-state index contributed by atoms with van der Waals surface area (Å²) in [5.41, 5.74) is 27.9. The highest BCUT2D eigenvalue weighted by molar-refractivity contribution is 5.97. The molecule has 2 unspecified atom stereocenters. The van der Waals surface area contributed by atoms with Crippen molar-refractivity contribution in [1.82, 2.24) is 0 Å². The monoisotopic (exact) mass is 792 g/mol. The highest BCUT2D eigenvalue weighted by Crippen LogP contribution is 2.63. The highest BCUT2D eigenvalue weighted by atomic mass is 15.2. The minimum Gasteiger partial charge on any atom is -0.385 e. The zero-order valence-electron chi connectivity index (χ0n) is 35.1. The van der Waals surface area contributed by atoms with E-state index in [1.54, 1.807) is 0 Å².